The lowest BCUT2D eigenvalue weighted by Crippen LogP contribution is -2.30. The van der Waals surface area contributed by atoms with Crippen LogP contribution in [0.2, 0.25) is 0 Å². The zero-order chi connectivity index (χ0) is 22.4. The van der Waals surface area contributed by atoms with Crippen molar-refractivity contribution in [2.45, 2.75) is 20.0 Å². The van der Waals surface area contributed by atoms with Crippen LogP contribution in [0.25, 0.3) is 17.7 Å². The number of allylic oxidation sites excluding steroid dienone is 4. The number of nitrogens with one attached hydrogen (secondary N) is 2. The summed E-state index contributed by atoms with van der Waals surface area (Å²) in [7, 11) is 4.23. The molecule has 1 heterocycles. The van der Waals surface area contributed by atoms with E-state index in [1.807, 2.05) is 48.3 Å². The van der Waals surface area contributed by atoms with Gasteiger partial charge in [-0.25, -0.2) is 4.98 Å². The maximum atomic E-state index is 8.66. The highest BCUT2D eigenvalue weighted by Crippen LogP contribution is 2.19. The maximum absolute atomic E-state index is 8.66. The highest BCUT2D eigenvalue weighted by Gasteiger charge is 2.12. The Kier molecular flexibility index (Phi) is 7.62. The third-order valence-corrected chi connectivity index (χ3v) is 5.59. The van der Waals surface area contributed by atoms with E-state index in [-0.39, 0.29) is 0 Å². The second-order valence-electron chi connectivity index (χ2n) is 7.61. The van der Waals surface area contributed by atoms with Gasteiger partial charge >= 0.3 is 0 Å². The van der Waals surface area contributed by atoms with Crippen LogP contribution < -0.4 is 10.6 Å². The molecule has 2 aromatic rings. The Morgan fingerprint density at radius 3 is 2.84 bits per heavy atom. The van der Waals surface area contributed by atoms with Gasteiger partial charge in [-0.05, 0) is 52.5 Å². The molecule has 1 aliphatic rings. The smallest absolute Gasteiger partial charge is 0.0725 e. The van der Waals surface area contributed by atoms with Gasteiger partial charge in [0.25, 0.3) is 0 Å². The van der Waals surface area contributed by atoms with Gasteiger partial charge in [-0.2, -0.15) is 0 Å². The summed E-state index contributed by atoms with van der Waals surface area (Å²) in [5, 5.41) is 18.3. The van der Waals surface area contributed by atoms with E-state index >= 15 is 0 Å². The number of nitrogens with zero attached hydrogens (tertiary/aromatic N) is 1. The van der Waals surface area contributed by atoms with Gasteiger partial charge < -0.3 is 10.1 Å². The topological polar surface area (TPSA) is 69.8 Å². The van der Waals surface area contributed by atoms with Crippen molar-refractivity contribution in [3.05, 3.63) is 93.4 Å². The largest absolute Gasteiger partial charge is 0.380 e. The SMILES string of the molecule is C=C(C(=N)c1cccc(COC)c1)c1ccc2/c(n1)=C\C(C(\C=N)=C\P)=C/C(C)C/C=2. The van der Waals surface area contributed by atoms with E-state index in [1.54, 1.807) is 7.11 Å². The molecule has 0 fully saturated rings. The van der Waals surface area contributed by atoms with Gasteiger partial charge in [0.2, 0.25) is 0 Å². The fourth-order valence-electron chi connectivity index (χ4n) is 3.52. The van der Waals surface area contributed by atoms with Crippen LogP contribution in [0.1, 0.15) is 30.2 Å². The first-order valence-corrected chi connectivity index (χ1v) is 10.8. The molecule has 0 bridgehead atoms. The molecule has 1 aliphatic carbocycles. The van der Waals surface area contributed by atoms with Gasteiger partial charge in [0.15, 0.2) is 0 Å². The molecule has 4 nitrogen and oxygen atoms in total. The number of hydrogen-bond acceptors (Lipinski definition) is 4. The maximum Gasteiger partial charge on any atom is 0.0725 e. The predicted molar refractivity (Wildman–Crippen MR) is 134 cm³/mol. The van der Waals surface area contributed by atoms with E-state index in [0.717, 1.165) is 39.3 Å². The molecule has 31 heavy (non-hydrogen) atoms. The first-order chi connectivity index (χ1) is 15.0. The molecule has 2 unspecified atom stereocenters. The number of pyridine rings is 1. The zero-order valence-electron chi connectivity index (χ0n) is 18.0. The molecule has 1 aromatic carbocycles. The van der Waals surface area contributed by atoms with Crippen molar-refractivity contribution in [1.29, 1.82) is 10.8 Å². The van der Waals surface area contributed by atoms with Crippen molar-refractivity contribution >= 4 is 38.9 Å². The Hall–Kier alpha value is -2.94. The Bertz CT molecular complexity index is 1210. The Morgan fingerprint density at radius 2 is 2.13 bits per heavy atom. The van der Waals surface area contributed by atoms with Gasteiger partial charge in [0, 0.05) is 24.5 Å². The van der Waals surface area contributed by atoms with Crippen molar-refractivity contribution in [3.8, 4) is 0 Å². The number of hydrogen-bond donors (Lipinski definition) is 2. The number of ether oxygens (including phenoxy) is 1. The highest BCUT2D eigenvalue weighted by molar-refractivity contribution is 7.20. The van der Waals surface area contributed by atoms with Crippen molar-refractivity contribution in [1.82, 2.24) is 4.98 Å². The summed E-state index contributed by atoms with van der Waals surface area (Å²) in [6.45, 7) is 6.83. The minimum Gasteiger partial charge on any atom is -0.380 e. The molecule has 0 radical (unpaired) electrons. The predicted octanol–water partition coefficient (Wildman–Crippen LogP) is 4.25. The zero-order valence-corrected chi connectivity index (χ0v) is 19.1. The summed E-state index contributed by atoms with van der Waals surface area (Å²) in [6, 6.07) is 11.7. The standard InChI is InChI=1S/C26H28N3OP/c1-17-7-8-20-9-10-24(29-25(20)13-22(11-17)23(14-27)16-31)18(2)26(28)21-6-4-5-19(12-21)15-30-3/h4-6,8-14,16-17,27-28H,2,7,15,31H2,1,3H3/b20-8+,22-11+,23-16+,25-13+,27-14?,28-26?. The lowest BCUT2D eigenvalue weighted by Gasteiger charge is -2.12. The number of aromatic nitrogens is 1. The van der Waals surface area contributed by atoms with Crippen molar-refractivity contribution in [2.75, 3.05) is 7.11 Å². The molecule has 2 N–H and O–H groups in total. The number of methoxy groups -OCH3 is 1. The van der Waals surface area contributed by atoms with Gasteiger partial charge in [-0.3, -0.25) is 5.41 Å². The molecule has 1 aromatic heterocycles. The average molecular weight is 430 g/mol. The fraction of sp³-hybridized carbons (Fsp3) is 0.192. The summed E-state index contributed by atoms with van der Waals surface area (Å²) in [4.78, 5) is 4.84. The molecule has 3 rings (SSSR count). The van der Waals surface area contributed by atoms with Crippen LogP contribution in [0.4, 0.5) is 0 Å². The summed E-state index contributed by atoms with van der Waals surface area (Å²) in [5.74, 6) is 2.22. The molecule has 2 atom stereocenters. The third kappa shape index (κ3) is 5.41. The second kappa shape index (κ2) is 10.4. The first-order valence-electron chi connectivity index (χ1n) is 10.2. The van der Waals surface area contributed by atoms with Crippen LogP contribution in [0.15, 0.2) is 66.0 Å². The average Bonchev–Trinajstić information content (AvgIpc) is 2.77. The molecule has 5 heteroatoms. The minimum absolute atomic E-state index is 0.342. The van der Waals surface area contributed by atoms with Crippen LogP contribution in [0.5, 0.6) is 0 Å². The van der Waals surface area contributed by atoms with Gasteiger partial charge in [0.1, 0.15) is 0 Å². The normalized spacial score (nSPS) is 19.9. The first kappa shape index (κ1) is 22.7. The van der Waals surface area contributed by atoms with Crippen LogP contribution >= 0.6 is 9.24 Å². The Labute approximate surface area is 186 Å². The molecular formula is C26H28N3OP. The van der Waals surface area contributed by atoms with Crippen LogP contribution in [-0.2, 0) is 11.3 Å². The van der Waals surface area contributed by atoms with Crippen LogP contribution in [-0.4, -0.2) is 24.0 Å². The van der Waals surface area contributed by atoms with Crippen molar-refractivity contribution in [2.24, 2.45) is 5.92 Å². The lowest BCUT2D eigenvalue weighted by atomic mass is 9.96. The lowest BCUT2D eigenvalue weighted by molar-refractivity contribution is 0.185. The Balaban J connectivity index is 2.04. The number of benzene rings is 1. The molecule has 158 valence electrons. The number of rotatable bonds is 7. The molecule has 0 spiro atoms. The van der Waals surface area contributed by atoms with Crippen LogP contribution in [0, 0.1) is 16.7 Å². The monoisotopic (exact) mass is 429 g/mol. The molecular weight excluding hydrogens is 401 g/mol. The van der Waals surface area contributed by atoms with E-state index < -0.39 is 0 Å². The van der Waals surface area contributed by atoms with Gasteiger partial charge in [-0.15, -0.1) is 9.24 Å². The molecule has 0 saturated carbocycles. The summed E-state index contributed by atoms with van der Waals surface area (Å²) in [5.41, 5.74) is 5.19. The van der Waals surface area contributed by atoms with E-state index in [4.69, 9.17) is 20.5 Å². The summed E-state index contributed by atoms with van der Waals surface area (Å²) >= 11 is 0. The molecule has 0 saturated heterocycles. The van der Waals surface area contributed by atoms with Crippen molar-refractivity contribution in [3.63, 3.8) is 0 Å². The minimum atomic E-state index is 0.342. The van der Waals surface area contributed by atoms with E-state index in [9.17, 15) is 0 Å². The fourth-order valence-corrected chi connectivity index (χ4v) is 3.81. The second-order valence-corrected chi connectivity index (χ2v) is 7.94. The van der Waals surface area contributed by atoms with Crippen LogP contribution in [0.3, 0.4) is 0 Å². The van der Waals surface area contributed by atoms with Gasteiger partial charge in [0.05, 0.1) is 23.4 Å². The molecule has 0 aliphatic heterocycles. The van der Waals surface area contributed by atoms with Gasteiger partial charge in [-0.1, -0.05) is 55.7 Å². The summed E-state index contributed by atoms with van der Waals surface area (Å²) in [6.07, 6.45) is 8.64. The van der Waals surface area contributed by atoms with Crippen molar-refractivity contribution < 1.29 is 4.74 Å². The third-order valence-electron chi connectivity index (χ3n) is 5.23. The molecule has 0 amide bonds. The highest BCUT2D eigenvalue weighted by atomic mass is 31.0. The van der Waals surface area contributed by atoms with E-state index in [1.165, 1.54) is 6.21 Å². The van der Waals surface area contributed by atoms with E-state index in [2.05, 4.69) is 34.9 Å². The Morgan fingerprint density at radius 1 is 1.32 bits per heavy atom. The summed E-state index contributed by atoms with van der Waals surface area (Å²) < 4.78 is 5.21. The quantitative estimate of drug-likeness (QED) is 0.510. The number of fused-ring (bicyclic) bond motifs is 1. The van der Waals surface area contributed by atoms with E-state index in [0.29, 0.717) is 29.5 Å².